The highest BCUT2D eigenvalue weighted by atomic mass is 16.5. The molecule has 102 valence electrons. The minimum Gasteiger partial charge on any atom is -0.361 e. The van der Waals surface area contributed by atoms with E-state index in [2.05, 4.69) is 22.7 Å². The molecule has 0 fully saturated rings. The Balaban J connectivity index is 2.17. The summed E-state index contributed by atoms with van der Waals surface area (Å²) in [6.45, 7) is 8.40. The van der Waals surface area contributed by atoms with Crippen molar-refractivity contribution in [3.8, 4) is 0 Å². The van der Waals surface area contributed by atoms with Gasteiger partial charge in [0.15, 0.2) is 0 Å². The van der Waals surface area contributed by atoms with Gasteiger partial charge >= 0.3 is 0 Å². The number of hydrogen-bond acceptors (Lipinski definition) is 4. The van der Waals surface area contributed by atoms with Gasteiger partial charge < -0.3 is 15.2 Å². The third-order valence-electron chi connectivity index (χ3n) is 2.83. The molecular formula is C13H23N3O2. The van der Waals surface area contributed by atoms with Crippen LogP contribution in [0.5, 0.6) is 0 Å². The average molecular weight is 253 g/mol. The normalized spacial score (nSPS) is 10.6. The molecule has 1 aromatic rings. The van der Waals surface area contributed by atoms with Gasteiger partial charge in [0.25, 0.3) is 0 Å². The number of nitrogens with zero attached hydrogens (tertiary/aromatic N) is 1. The first kappa shape index (κ1) is 14.7. The average Bonchev–Trinajstić information content (AvgIpc) is 2.66. The zero-order valence-corrected chi connectivity index (χ0v) is 11.5. The number of carbonyl (C=O) groups excluding carboxylic acids is 1. The molecule has 5 heteroatoms. The summed E-state index contributed by atoms with van der Waals surface area (Å²) in [5.74, 6) is 0.887. The standard InChI is InChI=1S/C13H23N3O2/c1-4-7-14-8-9-15-13(17)6-5-12-10(2)16-18-11(12)3/h14H,4-9H2,1-3H3,(H,15,17). The van der Waals surface area contributed by atoms with Crippen molar-refractivity contribution in [1.82, 2.24) is 15.8 Å². The fourth-order valence-corrected chi connectivity index (χ4v) is 1.78. The number of amides is 1. The Morgan fingerprint density at radius 3 is 2.67 bits per heavy atom. The molecule has 5 nitrogen and oxygen atoms in total. The van der Waals surface area contributed by atoms with Crippen LogP contribution in [0.25, 0.3) is 0 Å². The second kappa shape index (κ2) is 7.87. The first-order valence-corrected chi connectivity index (χ1v) is 6.54. The summed E-state index contributed by atoms with van der Waals surface area (Å²) in [4.78, 5) is 11.6. The largest absolute Gasteiger partial charge is 0.361 e. The van der Waals surface area contributed by atoms with Crippen molar-refractivity contribution in [1.29, 1.82) is 0 Å². The van der Waals surface area contributed by atoms with Gasteiger partial charge in [0.05, 0.1) is 5.69 Å². The molecule has 0 atom stereocenters. The Morgan fingerprint density at radius 1 is 1.28 bits per heavy atom. The molecule has 0 saturated heterocycles. The quantitative estimate of drug-likeness (QED) is 0.686. The van der Waals surface area contributed by atoms with Crippen LogP contribution in [-0.4, -0.2) is 30.7 Å². The van der Waals surface area contributed by atoms with Crippen molar-refractivity contribution in [2.75, 3.05) is 19.6 Å². The molecule has 1 rings (SSSR count). The van der Waals surface area contributed by atoms with E-state index in [0.717, 1.165) is 36.5 Å². The Morgan fingerprint density at radius 2 is 2.06 bits per heavy atom. The summed E-state index contributed by atoms with van der Waals surface area (Å²) in [6.07, 6.45) is 2.28. The highest BCUT2D eigenvalue weighted by Crippen LogP contribution is 2.13. The van der Waals surface area contributed by atoms with Crippen molar-refractivity contribution >= 4 is 5.91 Å². The minimum absolute atomic E-state index is 0.0771. The fourth-order valence-electron chi connectivity index (χ4n) is 1.78. The third kappa shape index (κ3) is 4.87. The summed E-state index contributed by atoms with van der Waals surface area (Å²) in [6, 6.07) is 0. The molecule has 0 radical (unpaired) electrons. The van der Waals surface area contributed by atoms with Crippen molar-refractivity contribution in [2.45, 2.75) is 40.0 Å². The van der Waals surface area contributed by atoms with Crippen LogP contribution in [0.2, 0.25) is 0 Å². The first-order valence-electron chi connectivity index (χ1n) is 6.54. The smallest absolute Gasteiger partial charge is 0.220 e. The Kier molecular flexibility index (Phi) is 6.43. The summed E-state index contributed by atoms with van der Waals surface area (Å²) < 4.78 is 5.06. The summed E-state index contributed by atoms with van der Waals surface area (Å²) >= 11 is 0. The predicted molar refractivity (Wildman–Crippen MR) is 70.5 cm³/mol. The number of rotatable bonds is 8. The molecule has 0 spiro atoms. The molecule has 0 bridgehead atoms. The molecule has 1 heterocycles. The zero-order valence-electron chi connectivity index (χ0n) is 11.5. The molecular weight excluding hydrogens is 230 g/mol. The highest BCUT2D eigenvalue weighted by molar-refractivity contribution is 5.76. The van der Waals surface area contributed by atoms with Crippen LogP contribution >= 0.6 is 0 Å². The van der Waals surface area contributed by atoms with E-state index >= 15 is 0 Å². The Labute approximate surface area is 108 Å². The second-order valence-electron chi connectivity index (χ2n) is 4.40. The first-order chi connectivity index (χ1) is 8.65. The lowest BCUT2D eigenvalue weighted by molar-refractivity contribution is -0.121. The molecule has 0 aliphatic carbocycles. The maximum atomic E-state index is 11.6. The van der Waals surface area contributed by atoms with Crippen LogP contribution in [0.4, 0.5) is 0 Å². The Hall–Kier alpha value is -1.36. The summed E-state index contributed by atoms with van der Waals surface area (Å²) in [5.41, 5.74) is 1.93. The number of carbonyl (C=O) groups is 1. The molecule has 1 amide bonds. The van der Waals surface area contributed by atoms with E-state index in [-0.39, 0.29) is 5.91 Å². The molecule has 2 N–H and O–H groups in total. The summed E-state index contributed by atoms with van der Waals surface area (Å²) in [7, 11) is 0. The SMILES string of the molecule is CCCNCCNC(=O)CCc1c(C)noc1C. The van der Waals surface area contributed by atoms with Crippen LogP contribution < -0.4 is 10.6 Å². The topological polar surface area (TPSA) is 67.2 Å². The van der Waals surface area contributed by atoms with Crippen LogP contribution in [0, 0.1) is 13.8 Å². The lowest BCUT2D eigenvalue weighted by atomic mass is 10.1. The lowest BCUT2D eigenvalue weighted by Crippen LogP contribution is -2.32. The van der Waals surface area contributed by atoms with Crippen molar-refractivity contribution in [3.05, 3.63) is 17.0 Å². The van der Waals surface area contributed by atoms with E-state index in [9.17, 15) is 4.79 Å². The third-order valence-corrected chi connectivity index (χ3v) is 2.83. The molecule has 0 aliphatic heterocycles. The summed E-state index contributed by atoms with van der Waals surface area (Å²) in [5, 5.41) is 10.0. The predicted octanol–water partition coefficient (Wildman–Crippen LogP) is 1.34. The van der Waals surface area contributed by atoms with E-state index in [1.54, 1.807) is 0 Å². The minimum atomic E-state index is 0.0771. The van der Waals surface area contributed by atoms with Gasteiger partial charge in [0.1, 0.15) is 5.76 Å². The molecule has 1 aromatic heterocycles. The lowest BCUT2D eigenvalue weighted by Gasteiger charge is -2.06. The van der Waals surface area contributed by atoms with Crippen LogP contribution in [0.1, 0.15) is 36.8 Å². The van der Waals surface area contributed by atoms with Crippen LogP contribution in [0.15, 0.2) is 4.52 Å². The van der Waals surface area contributed by atoms with Gasteiger partial charge in [-0.25, -0.2) is 0 Å². The van der Waals surface area contributed by atoms with Gasteiger partial charge in [-0.05, 0) is 33.2 Å². The maximum Gasteiger partial charge on any atom is 0.220 e. The molecule has 0 saturated carbocycles. The van der Waals surface area contributed by atoms with Crippen molar-refractivity contribution in [2.24, 2.45) is 0 Å². The fraction of sp³-hybridized carbons (Fsp3) is 0.692. The monoisotopic (exact) mass is 253 g/mol. The van der Waals surface area contributed by atoms with Gasteiger partial charge in [-0.3, -0.25) is 4.79 Å². The second-order valence-corrected chi connectivity index (χ2v) is 4.40. The van der Waals surface area contributed by atoms with Gasteiger partial charge in [0, 0.05) is 25.1 Å². The van der Waals surface area contributed by atoms with E-state index < -0.39 is 0 Å². The van der Waals surface area contributed by atoms with E-state index in [1.165, 1.54) is 0 Å². The van der Waals surface area contributed by atoms with Gasteiger partial charge in [-0.1, -0.05) is 12.1 Å². The molecule has 18 heavy (non-hydrogen) atoms. The van der Waals surface area contributed by atoms with Gasteiger partial charge in [-0.15, -0.1) is 0 Å². The Bertz CT molecular complexity index is 355. The zero-order chi connectivity index (χ0) is 13.4. The molecule has 0 aliphatic rings. The number of aromatic nitrogens is 1. The van der Waals surface area contributed by atoms with Crippen LogP contribution in [0.3, 0.4) is 0 Å². The number of nitrogens with one attached hydrogen (secondary N) is 2. The maximum absolute atomic E-state index is 11.6. The molecule has 0 aromatic carbocycles. The number of aryl methyl sites for hydroxylation is 2. The van der Waals surface area contributed by atoms with Crippen molar-refractivity contribution < 1.29 is 9.32 Å². The van der Waals surface area contributed by atoms with E-state index in [1.807, 2.05) is 13.8 Å². The highest BCUT2D eigenvalue weighted by Gasteiger charge is 2.10. The van der Waals surface area contributed by atoms with Gasteiger partial charge in [0.2, 0.25) is 5.91 Å². The van der Waals surface area contributed by atoms with E-state index in [4.69, 9.17) is 4.52 Å². The molecule has 0 unspecified atom stereocenters. The van der Waals surface area contributed by atoms with Crippen LogP contribution in [-0.2, 0) is 11.2 Å². The van der Waals surface area contributed by atoms with E-state index in [0.29, 0.717) is 19.4 Å². The van der Waals surface area contributed by atoms with Crippen molar-refractivity contribution in [3.63, 3.8) is 0 Å². The number of hydrogen-bond donors (Lipinski definition) is 2. The van der Waals surface area contributed by atoms with Gasteiger partial charge in [-0.2, -0.15) is 0 Å².